The predicted octanol–water partition coefficient (Wildman–Crippen LogP) is 1.71. The van der Waals surface area contributed by atoms with E-state index in [4.69, 9.17) is 5.11 Å². The Hall–Kier alpha value is -0.120. The standard InChI is InChI=1S/C15H30N2O/c1-11(2)13-8-14(16-6-7-18)10-17(9-13)15-5-4-12(15)3/h11-16,18H,4-10H2,1-3H3. The van der Waals surface area contributed by atoms with E-state index < -0.39 is 0 Å². The molecule has 4 unspecified atom stereocenters. The molecule has 0 aromatic carbocycles. The first kappa shape index (κ1) is 14.3. The fourth-order valence-corrected chi connectivity index (χ4v) is 3.54. The molecule has 0 amide bonds. The number of hydrogen-bond acceptors (Lipinski definition) is 3. The van der Waals surface area contributed by atoms with Crippen LogP contribution in [0.5, 0.6) is 0 Å². The summed E-state index contributed by atoms with van der Waals surface area (Å²) in [7, 11) is 0. The second kappa shape index (κ2) is 6.36. The van der Waals surface area contributed by atoms with E-state index in [1.807, 2.05) is 0 Å². The van der Waals surface area contributed by atoms with Crippen molar-refractivity contribution in [1.29, 1.82) is 0 Å². The number of hydrogen-bond donors (Lipinski definition) is 2. The summed E-state index contributed by atoms with van der Waals surface area (Å²) in [5.74, 6) is 2.46. The molecule has 1 heterocycles. The summed E-state index contributed by atoms with van der Waals surface area (Å²) in [5.41, 5.74) is 0. The molecule has 2 rings (SSSR count). The van der Waals surface area contributed by atoms with Crippen molar-refractivity contribution in [3.8, 4) is 0 Å². The van der Waals surface area contributed by atoms with Crippen molar-refractivity contribution in [3.05, 3.63) is 0 Å². The van der Waals surface area contributed by atoms with Crippen molar-refractivity contribution in [2.75, 3.05) is 26.2 Å². The highest BCUT2D eigenvalue weighted by molar-refractivity contribution is 4.93. The summed E-state index contributed by atoms with van der Waals surface area (Å²) in [5, 5.41) is 12.5. The van der Waals surface area contributed by atoms with Crippen molar-refractivity contribution in [2.45, 2.75) is 52.1 Å². The molecule has 0 radical (unpaired) electrons. The smallest absolute Gasteiger partial charge is 0.0556 e. The van der Waals surface area contributed by atoms with E-state index in [-0.39, 0.29) is 6.61 Å². The van der Waals surface area contributed by atoms with Gasteiger partial charge in [-0.2, -0.15) is 0 Å². The third-order valence-electron chi connectivity index (χ3n) is 5.04. The Bertz CT molecular complexity index is 257. The van der Waals surface area contributed by atoms with Crippen molar-refractivity contribution in [1.82, 2.24) is 10.2 Å². The van der Waals surface area contributed by atoms with Gasteiger partial charge in [-0.05, 0) is 37.0 Å². The normalized spacial score (nSPS) is 37.8. The summed E-state index contributed by atoms with van der Waals surface area (Å²) < 4.78 is 0. The maximum Gasteiger partial charge on any atom is 0.0556 e. The minimum Gasteiger partial charge on any atom is -0.395 e. The molecule has 106 valence electrons. The quantitative estimate of drug-likeness (QED) is 0.784. The minimum atomic E-state index is 0.253. The van der Waals surface area contributed by atoms with Crippen LogP contribution in [0.2, 0.25) is 0 Å². The summed E-state index contributed by atoms with van der Waals surface area (Å²) >= 11 is 0. The van der Waals surface area contributed by atoms with Gasteiger partial charge < -0.3 is 10.4 Å². The highest BCUT2D eigenvalue weighted by atomic mass is 16.3. The number of aliphatic hydroxyl groups is 1. The summed E-state index contributed by atoms with van der Waals surface area (Å²) in [6.45, 7) is 10.5. The lowest BCUT2D eigenvalue weighted by atomic mass is 9.77. The van der Waals surface area contributed by atoms with E-state index in [1.165, 1.54) is 32.4 Å². The van der Waals surface area contributed by atoms with Gasteiger partial charge >= 0.3 is 0 Å². The van der Waals surface area contributed by atoms with Crippen LogP contribution in [0.15, 0.2) is 0 Å². The SMILES string of the molecule is CC(C)C1CC(NCCO)CN(C2CCC2C)C1. The van der Waals surface area contributed by atoms with Gasteiger partial charge in [-0.1, -0.05) is 20.8 Å². The molecule has 18 heavy (non-hydrogen) atoms. The van der Waals surface area contributed by atoms with E-state index >= 15 is 0 Å². The van der Waals surface area contributed by atoms with Gasteiger partial charge in [-0.3, -0.25) is 4.90 Å². The Kier molecular flexibility index (Phi) is 5.05. The molecule has 2 N–H and O–H groups in total. The molecule has 1 aliphatic carbocycles. The molecular weight excluding hydrogens is 224 g/mol. The molecule has 1 aliphatic heterocycles. The van der Waals surface area contributed by atoms with E-state index in [1.54, 1.807) is 0 Å². The second-order valence-electron chi connectivity index (χ2n) is 6.69. The van der Waals surface area contributed by atoms with Gasteiger partial charge in [0.05, 0.1) is 6.61 Å². The molecule has 2 fully saturated rings. The zero-order valence-electron chi connectivity index (χ0n) is 12.2. The van der Waals surface area contributed by atoms with Crippen LogP contribution < -0.4 is 5.32 Å². The number of piperidine rings is 1. The first-order valence-corrected chi connectivity index (χ1v) is 7.70. The molecule has 0 spiro atoms. The van der Waals surface area contributed by atoms with Crippen molar-refractivity contribution >= 4 is 0 Å². The van der Waals surface area contributed by atoms with Gasteiger partial charge in [0, 0.05) is 31.7 Å². The maximum atomic E-state index is 8.97. The van der Waals surface area contributed by atoms with Gasteiger partial charge in [-0.25, -0.2) is 0 Å². The lowest BCUT2D eigenvalue weighted by molar-refractivity contribution is 0.0126. The monoisotopic (exact) mass is 254 g/mol. The van der Waals surface area contributed by atoms with Crippen molar-refractivity contribution in [2.24, 2.45) is 17.8 Å². The van der Waals surface area contributed by atoms with Crippen LogP contribution in [-0.2, 0) is 0 Å². The maximum absolute atomic E-state index is 8.97. The first-order valence-electron chi connectivity index (χ1n) is 7.70. The topological polar surface area (TPSA) is 35.5 Å². The molecule has 3 nitrogen and oxygen atoms in total. The molecule has 0 bridgehead atoms. The summed E-state index contributed by atoms with van der Waals surface area (Å²) in [6.07, 6.45) is 4.07. The molecular formula is C15H30N2O. The second-order valence-corrected chi connectivity index (χ2v) is 6.69. The first-order chi connectivity index (χ1) is 8.61. The van der Waals surface area contributed by atoms with Gasteiger partial charge in [0.2, 0.25) is 0 Å². The van der Waals surface area contributed by atoms with Crippen LogP contribution in [0, 0.1) is 17.8 Å². The highest BCUT2D eigenvalue weighted by Gasteiger charge is 2.37. The van der Waals surface area contributed by atoms with Crippen LogP contribution in [0.3, 0.4) is 0 Å². The number of aliphatic hydroxyl groups excluding tert-OH is 1. The zero-order chi connectivity index (χ0) is 13.1. The summed E-state index contributed by atoms with van der Waals surface area (Å²) in [6, 6.07) is 1.40. The molecule has 3 heteroatoms. The van der Waals surface area contributed by atoms with E-state index in [0.29, 0.717) is 6.04 Å². The minimum absolute atomic E-state index is 0.253. The number of likely N-dealkylation sites (tertiary alicyclic amines) is 1. The lowest BCUT2D eigenvalue weighted by Crippen LogP contribution is -2.57. The number of rotatable bonds is 5. The van der Waals surface area contributed by atoms with Crippen molar-refractivity contribution in [3.63, 3.8) is 0 Å². The molecule has 0 aromatic rings. The Morgan fingerprint density at radius 1 is 1.28 bits per heavy atom. The fourth-order valence-electron chi connectivity index (χ4n) is 3.54. The summed E-state index contributed by atoms with van der Waals surface area (Å²) in [4.78, 5) is 2.72. The average molecular weight is 254 g/mol. The number of nitrogens with one attached hydrogen (secondary N) is 1. The van der Waals surface area contributed by atoms with Crippen LogP contribution in [-0.4, -0.2) is 48.3 Å². The van der Waals surface area contributed by atoms with Crippen LogP contribution in [0.4, 0.5) is 0 Å². The fraction of sp³-hybridized carbons (Fsp3) is 1.00. The molecule has 2 aliphatic rings. The van der Waals surface area contributed by atoms with Gasteiger partial charge in [0.1, 0.15) is 0 Å². The average Bonchev–Trinajstić information content (AvgIpc) is 2.34. The largest absolute Gasteiger partial charge is 0.395 e. The van der Waals surface area contributed by atoms with E-state index in [0.717, 1.165) is 30.3 Å². The molecule has 1 saturated carbocycles. The number of nitrogens with zero attached hydrogens (tertiary/aromatic N) is 1. The van der Waals surface area contributed by atoms with Crippen molar-refractivity contribution < 1.29 is 5.11 Å². The van der Waals surface area contributed by atoms with Crippen LogP contribution >= 0.6 is 0 Å². The molecule has 0 aromatic heterocycles. The highest BCUT2D eigenvalue weighted by Crippen LogP contribution is 2.35. The molecule has 4 atom stereocenters. The Labute approximate surface area is 112 Å². The van der Waals surface area contributed by atoms with E-state index in [2.05, 4.69) is 31.0 Å². The van der Waals surface area contributed by atoms with Gasteiger partial charge in [0.15, 0.2) is 0 Å². The molecule has 1 saturated heterocycles. The zero-order valence-corrected chi connectivity index (χ0v) is 12.2. The third kappa shape index (κ3) is 3.25. The van der Waals surface area contributed by atoms with Crippen LogP contribution in [0.25, 0.3) is 0 Å². The van der Waals surface area contributed by atoms with Crippen LogP contribution in [0.1, 0.15) is 40.0 Å². The predicted molar refractivity (Wildman–Crippen MR) is 75.6 cm³/mol. The Balaban J connectivity index is 1.92. The Morgan fingerprint density at radius 3 is 2.56 bits per heavy atom. The van der Waals surface area contributed by atoms with Gasteiger partial charge in [0.25, 0.3) is 0 Å². The Morgan fingerprint density at radius 2 is 2.06 bits per heavy atom. The third-order valence-corrected chi connectivity index (χ3v) is 5.04. The van der Waals surface area contributed by atoms with Gasteiger partial charge in [-0.15, -0.1) is 0 Å². The van der Waals surface area contributed by atoms with E-state index in [9.17, 15) is 0 Å². The lowest BCUT2D eigenvalue weighted by Gasteiger charge is -2.49.